The van der Waals surface area contributed by atoms with Gasteiger partial charge in [-0.1, -0.05) is 55.8 Å². The van der Waals surface area contributed by atoms with Crippen molar-refractivity contribution in [3.05, 3.63) is 71.8 Å². The molecule has 32 heavy (non-hydrogen) atoms. The molecule has 2 unspecified atom stereocenters. The minimum absolute atomic E-state index is 0.0153. The van der Waals surface area contributed by atoms with Crippen molar-refractivity contribution >= 4 is 22.9 Å². The van der Waals surface area contributed by atoms with Crippen LogP contribution >= 0.6 is 0 Å². The highest BCUT2D eigenvalue weighted by Gasteiger charge is 2.30. The molecule has 7 nitrogen and oxygen atoms in total. The lowest BCUT2D eigenvalue weighted by Crippen LogP contribution is -2.41. The van der Waals surface area contributed by atoms with E-state index in [2.05, 4.69) is 28.3 Å². The topological polar surface area (TPSA) is 95.0 Å². The van der Waals surface area contributed by atoms with E-state index in [1.807, 2.05) is 54.6 Å². The van der Waals surface area contributed by atoms with Crippen molar-refractivity contribution < 1.29 is 14.6 Å². The van der Waals surface area contributed by atoms with E-state index < -0.39 is 6.04 Å². The van der Waals surface area contributed by atoms with Crippen LogP contribution in [0.3, 0.4) is 0 Å². The summed E-state index contributed by atoms with van der Waals surface area (Å²) < 4.78 is 5.71. The molecule has 1 heterocycles. The third-order valence-corrected chi connectivity index (χ3v) is 5.58. The van der Waals surface area contributed by atoms with Crippen LogP contribution in [0.25, 0.3) is 10.8 Å². The summed E-state index contributed by atoms with van der Waals surface area (Å²) in [6, 6.07) is 18.7. The summed E-state index contributed by atoms with van der Waals surface area (Å²) in [7, 11) is 0. The monoisotopic (exact) mass is 432 g/mol. The van der Waals surface area contributed by atoms with Crippen molar-refractivity contribution in [1.82, 2.24) is 16.3 Å². The van der Waals surface area contributed by atoms with Gasteiger partial charge >= 0.3 is 0 Å². The maximum Gasteiger partial charge on any atom is 0.258 e. The molecule has 1 fully saturated rings. The molecule has 1 saturated heterocycles. The number of nitrogens with one attached hydrogen (secondary N) is 3. The van der Waals surface area contributed by atoms with Gasteiger partial charge in [0.25, 0.3) is 5.91 Å². The number of fused-ring (bicyclic) bond motifs is 1. The fourth-order valence-corrected chi connectivity index (χ4v) is 3.74. The summed E-state index contributed by atoms with van der Waals surface area (Å²) in [4.78, 5) is 12.6. The Balaban J connectivity index is 1.33. The number of carbonyl (C=O) groups is 1. The van der Waals surface area contributed by atoms with Crippen molar-refractivity contribution in [2.24, 2.45) is 5.10 Å². The molecule has 1 aliphatic rings. The number of hydrazine groups is 1. The normalized spacial score (nSPS) is 18.3. The second-order valence-corrected chi connectivity index (χ2v) is 7.85. The van der Waals surface area contributed by atoms with Crippen LogP contribution in [0.1, 0.15) is 43.4 Å². The van der Waals surface area contributed by atoms with Crippen LogP contribution in [0.4, 0.5) is 0 Å². The molecule has 0 spiro atoms. The SMILES string of the molecule is CCCCOc1ccc(C2CC(C(=O)N/N=C/c3c(O)ccc4ccccc34)NN2)cc1. The number of hydrogen-bond donors (Lipinski definition) is 4. The summed E-state index contributed by atoms with van der Waals surface area (Å²) in [5.74, 6) is 0.730. The van der Waals surface area contributed by atoms with Gasteiger partial charge in [0, 0.05) is 11.6 Å². The molecule has 0 saturated carbocycles. The van der Waals surface area contributed by atoms with Crippen molar-refractivity contribution in [3.63, 3.8) is 0 Å². The zero-order valence-corrected chi connectivity index (χ0v) is 18.0. The number of phenolic OH excluding ortho intramolecular Hbond substituents is 1. The van der Waals surface area contributed by atoms with Crippen LogP contribution in [-0.2, 0) is 4.79 Å². The molecule has 3 aromatic carbocycles. The summed E-state index contributed by atoms with van der Waals surface area (Å²) in [6.07, 6.45) is 4.21. The number of nitrogens with zero attached hydrogens (tertiary/aromatic N) is 1. The summed E-state index contributed by atoms with van der Waals surface area (Å²) >= 11 is 0. The average molecular weight is 433 g/mol. The van der Waals surface area contributed by atoms with Gasteiger partial charge in [0.15, 0.2) is 0 Å². The van der Waals surface area contributed by atoms with E-state index in [1.165, 1.54) is 6.21 Å². The van der Waals surface area contributed by atoms with Gasteiger partial charge in [-0.25, -0.2) is 16.3 Å². The first kappa shape index (κ1) is 21.8. The molecule has 0 aliphatic carbocycles. The molecule has 7 heteroatoms. The molecule has 4 rings (SSSR count). The van der Waals surface area contributed by atoms with Gasteiger partial charge in [0.05, 0.1) is 12.8 Å². The Morgan fingerprint density at radius 2 is 1.97 bits per heavy atom. The van der Waals surface area contributed by atoms with Crippen LogP contribution in [-0.4, -0.2) is 29.9 Å². The van der Waals surface area contributed by atoms with Gasteiger partial charge in [-0.15, -0.1) is 0 Å². The standard InChI is InChI=1S/C25H28N4O3/c1-2-3-14-32-19-11-8-18(9-12-19)22-15-23(28-27-22)25(31)29-26-16-21-20-7-5-4-6-17(20)10-13-24(21)30/h4-13,16,22-23,27-28,30H,2-3,14-15H2,1H3,(H,29,31)/b26-16+. The minimum Gasteiger partial charge on any atom is -0.507 e. The van der Waals surface area contributed by atoms with Gasteiger partial charge in [-0.2, -0.15) is 5.10 Å². The van der Waals surface area contributed by atoms with Gasteiger partial charge in [-0.3, -0.25) is 4.79 Å². The largest absolute Gasteiger partial charge is 0.507 e. The van der Waals surface area contributed by atoms with Crippen LogP contribution < -0.4 is 21.0 Å². The number of hydrazone groups is 1. The van der Waals surface area contributed by atoms with Gasteiger partial charge in [-0.05, 0) is 47.4 Å². The summed E-state index contributed by atoms with van der Waals surface area (Å²) in [6.45, 7) is 2.86. The van der Waals surface area contributed by atoms with Crippen LogP contribution in [0, 0.1) is 0 Å². The van der Waals surface area contributed by atoms with Crippen LogP contribution in [0.2, 0.25) is 0 Å². The molecular weight excluding hydrogens is 404 g/mol. The van der Waals surface area contributed by atoms with Crippen molar-refractivity contribution in [3.8, 4) is 11.5 Å². The second kappa shape index (κ2) is 10.3. The molecular formula is C25H28N4O3. The molecule has 1 aliphatic heterocycles. The number of rotatable bonds is 8. The predicted octanol–water partition coefficient (Wildman–Crippen LogP) is 3.78. The Morgan fingerprint density at radius 3 is 2.78 bits per heavy atom. The lowest BCUT2D eigenvalue weighted by molar-refractivity contribution is -0.122. The molecule has 0 aromatic heterocycles. The fraction of sp³-hybridized carbons (Fsp3) is 0.280. The number of benzene rings is 3. The predicted molar refractivity (Wildman–Crippen MR) is 126 cm³/mol. The van der Waals surface area contributed by atoms with E-state index in [9.17, 15) is 9.90 Å². The smallest absolute Gasteiger partial charge is 0.258 e. The zero-order chi connectivity index (χ0) is 22.3. The maximum atomic E-state index is 12.6. The summed E-state index contributed by atoms with van der Waals surface area (Å²) in [5, 5.41) is 16.1. The first-order valence-corrected chi connectivity index (χ1v) is 10.9. The number of phenols is 1. The number of aromatic hydroxyl groups is 1. The quantitative estimate of drug-likeness (QED) is 0.247. The van der Waals surface area contributed by atoms with Gasteiger partial charge in [0.2, 0.25) is 0 Å². The Kier molecular flexibility index (Phi) is 6.99. The molecule has 0 radical (unpaired) electrons. The first-order valence-electron chi connectivity index (χ1n) is 10.9. The highest BCUT2D eigenvalue weighted by Crippen LogP contribution is 2.26. The number of carbonyl (C=O) groups excluding carboxylic acids is 1. The van der Waals surface area contributed by atoms with Crippen molar-refractivity contribution in [1.29, 1.82) is 0 Å². The Labute approximate surface area is 187 Å². The Hall–Kier alpha value is -3.42. The van der Waals surface area contributed by atoms with Crippen LogP contribution in [0.5, 0.6) is 11.5 Å². The highest BCUT2D eigenvalue weighted by atomic mass is 16.5. The van der Waals surface area contributed by atoms with Crippen molar-refractivity contribution in [2.45, 2.75) is 38.3 Å². The number of hydrogen-bond acceptors (Lipinski definition) is 6. The number of ether oxygens (including phenoxy) is 1. The van der Waals surface area contributed by atoms with Gasteiger partial charge in [0.1, 0.15) is 17.5 Å². The maximum absolute atomic E-state index is 12.6. The van der Waals surface area contributed by atoms with Gasteiger partial charge < -0.3 is 9.84 Å². The van der Waals surface area contributed by atoms with E-state index >= 15 is 0 Å². The number of unbranched alkanes of at least 4 members (excludes halogenated alkanes) is 1. The Morgan fingerprint density at radius 1 is 1.16 bits per heavy atom. The van der Waals surface area contributed by atoms with E-state index in [0.29, 0.717) is 12.0 Å². The van der Waals surface area contributed by atoms with E-state index in [-0.39, 0.29) is 17.7 Å². The molecule has 0 bridgehead atoms. The lowest BCUT2D eigenvalue weighted by Gasteiger charge is -2.11. The molecule has 4 N–H and O–H groups in total. The minimum atomic E-state index is -0.418. The third kappa shape index (κ3) is 5.07. The fourth-order valence-electron chi connectivity index (χ4n) is 3.74. The molecule has 3 aromatic rings. The highest BCUT2D eigenvalue weighted by molar-refractivity contribution is 6.02. The molecule has 2 atom stereocenters. The first-order chi connectivity index (χ1) is 15.7. The second-order valence-electron chi connectivity index (χ2n) is 7.85. The van der Waals surface area contributed by atoms with Crippen molar-refractivity contribution in [2.75, 3.05) is 6.61 Å². The zero-order valence-electron chi connectivity index (χ0n) is 18.0. The average Bonchev–Trinajstić information content (AvgIpc) is 3.31. The Bertz CT molecular complexity index is 1100. The van der Waals surface area contributed by atoms with E-state index in [0.717, 1.165) is 41.5 Å². The van der Waals surface area contributed by atoms with E-state index in [1.54, 1.807) is 6.07 Å². The molecule has 1 amide bonds. The van der Waals surface area contributed by atoms with Crippen LogP contribution in [0.15, 0.2) is 65.8 Å². The number of amides is 1. The molecule has 166 valence electrons. The lowest BCUT2D eigenvalue weighted by atomic mass is 10.0. The third-order valence-electron chi connectivity index (χ3n) is 5.58. The van der Waals surface area contributed by atoms with E-state index in [4.69, 9.17) is 4.74 Å². The summed E-state index contributed by atoms with van der Waals surface area (Å²) in [5.41, 5.74) is 10.4.